The summed E-state index contributed by atoms with van der Waals surface area (Å²) in [7, 11) is 5.45. The zero-order valence-electron chi connectivity index (χ0n) is 14.0. The van der Waals surface area contributed by atoms with Crippen LogP contribution in [-0.4, -0.2) is 50.3 Å². The highest BCUT2D eigenvalue weighted by atomic mass is 16.5. The van der Waals surface area contributed by atoms with Crippen LogP contribution in [-0.2, 0) is 6.54 Å². The third kappa shape index (κ3) is 5.89. The van der Waals surface area contributed by atoms with Gasteiger partial charge in [-0.2, -0.15) is 0 Å². The number of hydrogen-bond acceptors (Lipinski definition) is 5. The van der Waals surface area contributed by atoms with Crippen molar-refractivity contribution in [2.45, 2.75) is 39.3 Å². The molecule has 0 atom stereocenters. The lowest BCUT2D eigenvalue weighted by Gasteiger charge is -2.20. The molecule has 0 aliphatic carbocycles. The van der Waals surface area contributed by atoms with Crippen molar-refractivity contribution in [1.29, 1.82) is 0 Å². The fourth-order valence-corrected chi connectivity index (χ4v) is 2.05. The van der Waals surface area contributed by atoms with Gasteiger partial charge in [0.25, 0.3) is 0 Å². The van der Waals surface area contributed by atoms with Gasteiger partial charge in [0.2, 0.25) is 0 Å². The van der Waals surface area contributed by atoms with Gasteiger partial charge >= 0.3 is 0 Å². The molecule has 5 nitrogen and oxygen atoms in total. The zero-order valence-corrected chi connectivity index (χ0v) is 14.0. The van der Waals surface area contributed by atoms with Crippen LogP contribution in [0.3, 0.4) is 0 Å². The number of nitrogens with one attached hydrogen (secondary N) is 1. The van der Waals surface area contributed by atoms with Crippen molar-refractivity contribution in [1.82, 2.24) is 15.2 Å². The highest BCUT2D eigenvalue weighted by Gasteiger charge is 2.10. The number of rotatable bonds is 10. The Hall–Kier alpha value is -1.33. The highest BCUT2D eigenvalue weighted by molar-refractivity contribution is 5.42. The van der Waals surface area contributed by atoms with E-state index in [2.05, 4.69) is 36.1 Å². The number of unbranched alkanes of at least 4 members (excludes halogenated alkanes) is 1. The van der Waals surface area contributed by atoms with Crippen molar-refractivity contribution in [2.75, 3.05) is 34.4 Å². The Kier molecular flexibility index (Phi) is 8.08. The molecular weight excluding hydrogens is 266 g/mol. The Bertz CT molecular complexity index is 411. The van der Waals surface area contributed by atoms with Crippen LogP contribution in [0.1, 0.15) is 32.4 Å². The lowest BCUT2D eigenvalue weighted by molar-refractivity contribution is 0.268. The highest BCUT2D eigenvalue weighted by Crippen LogP contribution is 2.28. The average molecular weight is 295 g/mol. The molecule has 0 amide bonds. The summed E-state index contributed by atoms with van der Waals surface area (Å²) >= 11 is 0. The maximum Gasteiger partial charge on any atom is 0.183 e. The van der Waals surface area contributed by atoms with Crippen LogP contribution >= 0.6 is 0 Å². The first-order valence-electron chi connectivity index (χ1n) is 7.57. The number of pyridine rings is 1. The molecule has 0 aromatic carbocycles. The van der Waals surface area contributed by atoms with Gasteiger partial charge < -0.3 is 19.7 Å². The summed E-state index contributed by atoms with van der Waals surface area (Å²) in [5.74, 6) is 1.44. The van der Waals surface area contributed by atoms with Gasteiger partial charge in [-0.15, -0.1) is 0 Å². The van der Waals surface area contributed by atoms with E-state index in [1.165, 1.54) is 6.42 Å². The molecule has 0 aliphatic heterocycles. The maximum atomic E-state index is 5.37. The second kappa shape index (κ2) is 9.58. The second-order valence-corrected chi connectivity index (χ2v) is 5.45. The predicted octanol–water partition coefficient (Wildman–Crippen LogP) is 2.31. The molecule has 0 fully saturated rings. The largest absolute Gasteiger partial charge is 0.493 e. The van der Waals surface area contributed by atoms with E-state index in [4.69, 9.17) is 9.47 Å². The van der Waals surface area contributed by atoms with Gasteiger partial charge in [-0.25, -0.2) is 0 Å². The molecular formula is C16H29N3O2. The number of aromatic nitrogens is 1. The van der Waals surface area contributed by atoms with Crippen LogP contribution in [0.5, 0.6) is 11.5 Å². The molecule has 1 N–H and O–H groups in total. The summed E-state index contributed by atoms with van der Waals surface area (Å²) in [6.07, 6.45) is 4.10. The lowest BCUT2D eigenvalue weighted by Crippen LogP contribution is -2.27. The average Bonchev–Trinajstić information content (AvgIpc) is 2.49. The number of methoxy groups -OCH3 is 2. The van der Waals surface area contributed by atoms with Crippen molar-refractivity contribution in [2.24, 2.45) is 0 Å². The molecule has 0 saturated carbocycles. The molecule has 0 bridgehead atoms. The van der Waals surface area contributed by atoms with Crippen LogP contribution in [0.4, 0.5) is 0 Å². The fourth-order valence-electron chi connectivity index (χ4n) is 2.05. The van der Waals surface area contributed by atoms with E-state index in [-0.39, 0.29) is 0 Å². The first kappa shape index (κ1) is 17.7. The Morgan fingerprint density at radius 2 is 2.00 bits per heavy atom. The van der Waals surface area contributed by atoms with Crippen LogP contribution in [0.2, 0.25) is 0 Å². The van der Waals surface area contributed by atoms with E-state index in [1.54, 1.807) is 20.4 Å². The summed E-state index contributed by atoms with van der Waals surface area (Å²) in [6.45, 7) is 7.26. The maximum absolute atomic E-state index is 5.37. The number of ether oxygens (including phenoxy) is 2. The SMILES string of the molecule is COc1ccnc(CNCCCCN(C)C(C)C)c1OC. The van der Waals surface area contributed by atoms with E-state index < -0.39 is 0 Å². The lowest BCUT2D eigenvalue weighted by atomic mass is 10.2. The van der Waals surface area contributed by atoms with Crippen molar-refractivity contribution in [3.8, 4) is 11.5 Å². The van der Waals surface area contributed by atoms with Crippen LogP contribution in [0, 0.1) is 0 Å². The minimum Gasteiger partial charge on any atom is -0.493 e. The molecule has 120 valence electrons. The van der Waals surface area contributed by atoms with E-state index >= 15 is 0 Å². The van der Waals surface area contributed by atoms with E-state index in [0.29, 0.717) is 18.3 Å². The standard InChI is InChI=1S/C16H29N3O2/c1-13(2)19(3)11-7-6-9-17-12-14-16(21-5)15(20-4)8-10-18-14/h8,10,13,17H,6-7,9,11-12H2,1-5H3. The summed E-state index contributed by atoms with van der Waals surface area (Å²) in [4.78, 5) is 6.72. The van der Waals surface area contributed by atoms with Gasteiger partial charge in [-0.3, -0.25) is 4.98 Å². The molecule has 0 spiro atoms. The second-order valence-electron chi connectivity index (χ2n) is 5.45. The Balaban J connectivity index is 2.30. The van der Waals surface area contributed by atoms with Crippen molar-refractivity contribution >= 4 is 0 Å². The molecule has 5 heteroatoms. The molecule has 1 heterocycles. The van der Waals surface area contributed by atoms with E-state index in [0.717, 1.165) is 31.0 Å². The summed E-state index contributed by atoms with van der Waals surface area (Å²) in [5.41, 5.74) is 0.885. The topological polar surface area (TPSA) is 46.6 Å². The van der Waals surface area contributed by atoms with E-state index in [1.807, 2.05) is 6.07 Å². The van der Waals surface area contributed by atoms with Crippen molar-refractivity contribution in [3.63, 3.8) is 0 Å². The third-order valence-electron chi connectivity index (χ3n) is 3.65. The molecule has 0 unspecified atom stereocenters. The number of hydrogen-bond donors (Lipinski definition) is 1. The van der Waals surface area contributed by atoms with Gasteiger partial charge in [-0.1, -0.05) is 0 Å². The van der Waals surface area contributed by atoms with Crippen molar-refractivity contribution in [3.05, 3.63) is 18.0 Å². The third-order valence-corrected chi connectivity index (χ3v) is 3.65. The molecule has 0 aliphatic rings. The molecule has 0 radical (unpaired) electrons. The number of nitrogens with zero attached hydrogens (tertiary/aromatic N) is 2. The molecule has 0 saturated heterocycles. The predicted molar refractivity (Wildman–Crippen MR) is 86.0 cm³/mol. The molecule has 1 aromatic rings. The van der Waals surface area contributed by atoms with Gasteiger partial charge in [0.15, 0.2) is 11.5 Å². The van der Waals surface area contributed by atoms with Crippen LogP contribution < -0.4 is 14.8 Å². The Morgan fingerprint density at radius 3 is 2.62 bits per heavy atom. The first-order chi connectivity index (χ1) is 10.1. The van der Waals surface area contributed by atoms with Gasteiger partial charge in [0, 0.05) is 24.8 Å². The van der Waals surface area contributed by atoms with Crippen LogP contribution in [0.25, 0.3) is 0 Å². The van der Waals surface area contributed by atoms with E-state index in [9.17, 15) is 0 Å². The Labute approximate surface area is 128 Å². The smallest absolute Gasteiger partial charge is 0.183 e. The molecule has 1 rings (SSSR count). The minimum absolute atomic E-state index is 0.614. The van der Waals surface area contributed by atoms with Gasteiger partial charge in [-0.05, 0) is 46.8 Å². The molecule has 21 heavy (non-hydrogen) atoms. The Morgan fingerprint density at radius 1 is 1.24 bits per heavy atom. The molecule has 1 aromatic heterocycles. The summed E-state index contributed by atoms with van der Waals surface area (Å²) < 4.78 is 10.6. The normalized spacial score (nSPS) is 11.2. The zero-order chi connectivity index (χ0) is 15.7. The summed E-state index contributed by atoms with van der Waals surface area (Å²) in [6, 6.07) is 2.42. The quantitative estimate of drug-likeness (QED) is 0.671. The van der Waals surface area contributed by atoms with Crippen molar-refractivity contribution < 1.29 is 9.47 Å². The van der Waals surface area contributed by atoms with Gasteiger partial charge in [0.05, 0.1) is 19.9 Å². The minimum atomic E-state index is 0.614. The first-order valence-corrected chi connectivity index (χ1v) is 7.57. The van der Waals surface area contributed by atoms with Gasteiger partial charge in [0.1, 0.15) is 0 Å². The van der Waals surface area contributed by atoms with Crippen LogP contribution in [0.15, 0.2) is 12.3 Å². The fraction of sp³-hybridized carbons (Fsp3) is 0.688. The summed E-state index contributed by atoms with van der Waals surface area (Å²) in [5, 5.41) is 3.41. The monoisotopic (exact) mass is 295 g/mol.